The van der Waals surface area contributed by atoms with E-state index in [0.29, 0.717) is 24.2 Å². The van der Waals surface area contributed by atoms with Gasteiger partial charge in [-0.25, -0.2) is 0 Å². The average Bonchev–Trinajstić information content (AvgIpc) is 3.88. The number of allylic oxidation sites excluding steroid dienone is 3. The molecule has 0 radical (unpaired) electrons. The van der Waals surface area contributed by atoms with Crippen LogP contribution in [0.4, 0.5) is 0 Å². The van der Waals surface area contributed by atoms with Crippen LogP contribution in [0.3, 0.4) is 0 Å². The first-order valence-corrected chi connectivity index (χ1v) is 27.3. The summed E-state index contributed by atoms with van der Waals surface area (Å²) >= 11 is 0. The second-order valence-corrected chi connectivity index (χ2v) is 25.0. The summed E-state index contributed by atoms with van der Waals surface area (Å²) in [7, 11) is 1.77. The Morgan fingerprint density at radius 1 is 0.649 bits per heavy atom. The summed E-state index contributed by atoms with van der Waals surface area (Å²) in [5, 5.41) is 109. The van der Waals surface area contributed by atoms with Crippen molar-refractivity contribution >= 4 is 0 Å². The molecular weight excluding hydrogens is 969 g/mol. The number of aliphatic hydroxyl groups excluding tert-OH is 10. The Balaban J connectivity index is 0.990. The van der Waals surface area contributed by atoms with E-state index in [4.69, 9.17) is 47.4 Å². The Kier molecular flexibility index (Phi) is 16.8. The normalized spacial score (nSPS) is 54.4. The molecule has 9 aliphatic rings. The first kappa shape index (κ1) is 57.4. The third-order valence-electron chi connectivity index (χ3n) is 20.3. The predicted octanol–water partition coefficient (Wildman–Crippen LogP) is 1.29. The number of methoxy groups -OCH3 is 1. The van der Waals surface area contributed by atoms with Gasteiger partial charge in [0.15, 0.2) is 31.5 Å². The highest BCUT2D eigenvalue weighted by atomic mass is 16.8. The average molecular weight is 1060 g/mol. The maximum absolute atomic E-state index is 11.9. The Bertz CT molecular complexity index is 2000. The third kappa shape index (κ3) is 9.74. The van der Waals surface area contributed by atoms with E-state index >= 15 is 0 Å². The van der Waals surface area contributed by atoms with E-state index in [0.717, 1.165) is 44.9 Å². The fraction of sp³-hybridized carbons (Fsp3) is 0.926. The van der Waals surface area contributed by atoms with Gasteiger partial charge in [0.2, 0.25) is 0 Å². The van der Waals surface area contributed by atoms with Crippen molar-refractivity contribution in [3.05, 3.63) is 23.3 Å². The van der Waals surface area contributed by atoms with Gasteiger partial charge in [-0.05, 0) is 118 Å². The van der Waals surface area contributed by atoms with E-state index in [1.54, 1.807) is 12.7 Å². The van der Waals surface area contributed by atoms with Gasteiger partial charge in [-0.1, -0.05) is 57.9 Å². The van der Waals surface area contributed by atoms with Crippen LogP contribution < -0.4 is 0 Å². The predicted molar refractivity (Wildman–Crippen MR) is 260 cm³/mol. The number of ether oxygens (including phenoxy) is 10. The monoisotopic (exact) mass is 1060 g/mol. The van der Waals surface area contributed by atoms with Gasteiger partial charge >= 0.3 is 0 Å². The van der Waals surface area contributed by atoms with Crippen LogP contribution in [-0.4, -0.2) is 207 Å². The standard InChI is InChI=1S/C54H88O20/c1-23(2)19-26-20-27(46(65-10)69-26)28-13-17-54(9)30-11-12-33-51(5,6)34(15-16-52(33,7)29(30)14-18-53(28,54)8)71-50-45(44(38(60)32(21-55)70-50)73-48-41(63)39(61)35(57)24(3)67-48)74-49-42(64)43(36(58)25(4)68-49)72-47-40(62)37(59)31(56)22-66-47/h11,19,24-29,31-50,55-64H,12-18,20-22H2,1-10H3/t24-,25-,26-,27-,28-,29-,31-,32+,33-,34-,35-,36-,37-,38+,39+,40+,41+,42+,43+,44-,45+,46-,47-,48-,49-,50-,52+,53-,54+/m0/s1. The Hall–Kier alpha value is -1.32. The molecule has 0 amide bonds. The van der Waals surface area contributed by atoms with Crippen LogP contribution in [0.5, 0.6) is 0 Å². The molecule has 5 heterocycles. The molecular formula is C54H88O20. The summed E-state index contributed by atoms with van der Waals surface area (Å²) in [6.07, 6.45) is -17.8. The van der Waals surface area contributed by atoms with Crippen LogP contribution in [0, 0.1) is 45.3 Å². The van der Waals surface area contributed by atoms with Crippen LogP contribution >= 0.6 is 0 Å². The lowest BCUT2D eigenvalue weighted by molar-refractivity contribution is -0.402. The van der Waals surface area contributed by atoms with Gasteiger partial charge in [0.05, 0.1) is 37.6 Å². The van der Waals surface area contributed by atoms with E-state index in [1.165, 1.54) is 19.4 Å². The molecule has 5 saturated heterocycles. The zero-order valence-corrected chi connectivity index (χ0v) is 44.8. The van der Waals surface area contributed by atoms with Gasteiger partial charge in [-0.2, -0.15) is 0 Å². The Labute approximate surface area is 435 Å². The van der Waals surface area contributed by atoms with Crippen molar-refractivity contribution in [3.63, 3.8) is 0 Å². The minimum Gasteiger partial charge on any atom is -0.394 e. The molecule has 8 fully saturated rings. The van der Waals surface area contributed by atoms with E-state index in [2.05, 4.69) is 60.6 Å². The van der Waals surface area contributed by atoms with Crippen molar-refractivity contribution in [3.8, 4) is 0 Å². The fourth-order valence-electron chi connectivity index (χ4n) is 15.8. The summed E-state index contributed by atoms with van der Waals surface area (Å²) in [5.41, 5.74) is 2.26. The molecule has 0 aromatic rings. The largest absolute Gasteiger partial charge is 0.394 e. The van der Waals surface area contributed by atoms with Gasteiger partial charge in [-0.3, -0.25) is 0 Å². The zero-order chi connectivity index (χ0) is 53.7. The van der Waals surface area contributed by atoms with Crippen LogP contribution in [0.15, 0.2) is 23.3 Å². The highest BCUT2D eigenvalue weighted by Crippen LogP contribution is 2.74. The zero-order valence-electron chi connectivity index (χ0n) is 44.8. The molecule has 5 aliphatic heterocycles. The first-order valence-electron chi connectivity index (χ1n) is 27.3. The number of hydrogen-bond acceptors (Lipinski definition) is 20. The maximum atomic E-state index is 11.9. The second-order valence-electron chi connectivity index (χ2n) is 25.0. The van der Waals surface area contributed by atoms with Gasteiger partial charge in [0.25, 0.3) is 0 Å². The minimum absolute atomic E-state index is 0.00747. The molecule has 74 heavy (non-hydrogen) atoms. The van der Waals surface area contributed by atoms with E-state index in [-0.39, 0.29) is 34.6 Å². The van der Waals surface area contributed by atoms with Gasteiger partial charge in [0.1, 0.15) is 79.4 Å². The summed E-state index contributed by atoms with van der Waals surface area (Å²) in [6, 6.07) is 0. The molecule has 20 heteroatoms. The van der Waals surface area contributed by atoms with E-state index < -0.39 is 141 Å². The van der Waals surface area contributed by atoms with Crippen molar-refractivity contribution in [2.24, 2.45) is 45.3 Å². The van der Waals surface area contributed by atoms with Crippen molar-refractivity contribution < 1.29 is 98.4 Å². The Morgan fingerprint density at radius 3 is 1.97 bits per heavy atom. The lowest BCUT2D eigenvalue weighted by atomic mass is 9.41. The van der Waals surface area contributed by atoms with Crippen molar-refractivity contribution in [2.75, 3.05) is 20.3 Å². The van der Waals surface area contributed by atoms with Gasteiger partial charge in [0, 0.05) is 13.0 Å². The quantitative estimate of drug-likeness (QED) is 0.123. The topological polar surface area (TPSA) is 295 Å². The highest BCUT2D eigenvalue weighted by Gasteiger charge is 2.67. The number of rotatable bonds is 12. The SMILES string of the molecule is CO[C@H]1O[C@@H](C=C(C)C)C[C@H]1[C@@H]1CC[C@]2(C)C3=CC[C@H]4C(C)(C)[C@@H](O[C@@H]5O[C@H](CO)[C@@H](O)[C@H](O[C@@H]6O[C@@H](C)[C@H](O)[C@@H](O)[C@H]6O)[C@H]5O[C@@H]5O[C@@H](C)[C@H](O)[C@@H](O[C@@H]6OC[C@H](O)[C@H](O)[C@H]6O)[C@H]5O)CC[C@]4(C)[C@H]3CC[C@@]12C. The Morgan fingerprint density at radius 2 is 1.30 bits per heavy atom. The highest BCUT2D eigenvalue weighted by molar-refractivity contribution is 5.33. The van der Waals surface area contributed by atoms with Crippen LogP contribution in [-0.2, 0) is 47.4 Å². The lowest BCUT2D eigenvalue weighted by Gasteiger charge is -2.65. The first-order chi connectivity index (χ1) is 34.8. The lowest BCUT2D eigenvalue weighted by Crippen LogP contribution is -2.68. The van der Waals surface area contributed by atoms with Crippen molar-refractivity contribution in [1.82, 2.24) is 0 Å². The molecule has 4 aliphatic carbocycles. The van der Waals surface area contributed by atoms with Crippen molar-refractivity contribution in [2.45, 2.75) is 249 Å². The third-order valence-corrected chi connectivity index (χ3v) is 20.3. The van der Waals surface area contributed by atoms with Crippen molar-refractivity contribution in [1.29, 1.82) is 0 Å². The van der Waals surface area contributed by atoms with Crippen LogP contribution in [0.2, 0.25) is 0 Å². The summed E-state index contributed by atoms with van der Waals surface area (Å²) < 4.78 is 62.2. The molecule has 0 aromatic heterocycles. The second kappa shape index (κ2) is 21.6. The molecule has 3 saturated carbocycles. The molecule has 0 aromatic carbocycles. The van der Waals surface area contributed by atoms with E-state index in [1.807, 2.05) is 0 Å². The molecule has 0 spiro atoms. The minimum atomic E-state index is -1.85. The molecule has 10 N–H and O–H groups in total. The number of aliphatic hydroxyl groups is 10. The number of hydrogen-bond donors (Lipinski definition) is 10. The smallest absolute Gasteiger partial charge is 0.187 e. The molecule has 424 valence electrons. The molecule has 20 nitrogen and oxygen atoms in total. The maximum Gasteiger partial charge on any atom is 0.187 e. The van der Waals surface area contributed by atoms with Gasteiger partial charge in [-0.15, -0.1) is 0 Å². The van der Waals surface area contributed by atoms with E-state index in [9.17, 15) is 51.1 Å². The molecule has 9 rings (SSSR count). The summed E-state index contributed by atoms with van der Waals surface area (Å²) in [5.74, 6) is 1.23. The molecule has 0 bridgehead atoms. The number of fused-ring (bicyclic) bond motifs is 5. The van der Waals surface area contributed by atoms with Crippen LogP contribution in [0.25, 0.3) is 0 Å². The summed E-state index contributed by atoms with van der Waals surface area (Å²) in [6.45, 7) is 18.0. The summed E-state index contributed by atoms with van der Waals surface area (Å²) in [4.78, 5) is 0. The molecule has 29 atom stereocenters. The van der Waals surface area contributed by atoms with Gasteiger partial charge < -0.3 is 98.4 Å². The van der Waals surface area contributed by atoms with Crippen LogP contribution in [0.1, 0.15) is 114 Å². The fourth-order valence-corrected chi connectivity index (χ4v) is 15.8. The molecule has 0 unspecified atom stereocenters.